The van der Waals surface area contributed by atoms with Gasteiger partial charge in [0.2, 0.25) is 0 Å². The van der Waals surface area contributed by atoms with E-state index in [9.17, 15) is 18.0 Å². The Labute approximate surface area is 148 Å². The zero-order chi connectivity index (χ0) is 19.3. The molecule has 0 saturated heterocycles. The minimum absolute atomic E-state index is 0.164. The van der Waals surface area contributed by atoms with Gasteiger partial charge in [-0.15, -0.1) is 0 Å². The van der Waals surface area contributed by atoms with E-state index in [1.54, 1.807) is 12.1 Å². The third-order valence-electron chi connectivity index (χ3n) is 3.61. The lowest BCUT2D eigenvalue weighted by Gasteiger charge is -2.13. The maximum absolute atomic E-state index is 13.0. The van der Waals surface area contributed by atoms with Crippen molar-refractivity contribution >= 4 is 11.7 Å². The van der Waals surface area contributed by atoms with Crippen LogP contribution in [0.1, 0.15) is 27.0 Å². The Morgan fingerprint density at radius 3 is 2.50 bits per heavy atom. The van der Waals surface area contributed by atoms with E-state index in [1.807, 2.05) is 0 Å². The number of ether oxygens (including phenoxy) is 2. The fraction of sp³-hybridized carbons (Fsp3) is 0.222. The van der Waals surface area contributed by atoms with E-state index in [1.165, 1.54) is 32.4 Å². The van der Waals surface area contributed by atoms with E-state index in [0.29, 0.717) is 11.3 Å². The van der Waals surface area contributed by atoms with Gasteiger partial charge in [0.1, 0.15) is 11.3 Å². The Bertz CT molecular complexity index is 858. The number of esters is 1. The SMILES string of the molecule is COC(=O)c1cc(CNc2ccc(C#N)c(C(F)(F)F)c2)ccc1OC. The van der Waals surface area contributed by atoms with Crippen LogP contribution < -0.4 is 10.1 Å². The molecule has 0 aromatic heterocycles. The molecule has 0 spiro atoms. The Hall–Kier alpha value is -3.21. The molecule has 0 bridgehead atoms. The van der Waals surface area contributed by atoms with E-state index < -0.39 is 23.3 Å². The molecule has 0 aliphatic heterocycles. The number of halogens is 3. The number of nitrogens with zero attached hydrogens (tertiary/aromatic N) is 1. The van der Waals surface area contributed by atoms with E-state index in [4.69, 9.17) is 10.00 Å². The lowest BCUT2D eigenvalue weighted by Crippen LogP contribution is -2.10. The van der Waals surface area contributed by atoms with Crippen molar-refractivity contribution in [3.8, 4) is 11.8 Å². The molecule has 0 unspecified atom stereocenters. The summed E-state index contributed by atoms with van der Waals surface area (Å²) in [6, 6.07) is 9.68. The summed E-state index contributed by atoms with van der Waals surface area (Å²) in [5.41, 5.74) is -0.392. The van der Waals surface area contributed by atoms with Crippen LogP contribution in [0, 0.1) is 11.3 Å². The highest BCUT2D eigenvalue weighted by Gasteiger charge is 2.33. The number of anilines is 1. The molecule has 2 aromatic rings. The third-order valence-corrected chi connectivity index (χ3v) is 3.61. The first-order valence-corrected chi connectivity index (χ1v) is 7.40. The van der Waals surface area contributed by atoms with Gasteiger partial charge in [-0.25, -0.2) is 4.79 Å². The van der Waals surface area contributed by atoms with E-state index in [0.717, 1.165) is 12.1 Å². The van der Waals surface area contributed by atoms with Gasteiger partial charge in [0, 0.05) is 12.2 Å². The van der Waals surface area contributed by atoms with Crippen LogP contribution in [0.3, 0.4) is 0 Å². The first-order chi connectivity index (χ1) is 12.3. The van der Waals surface area contributed by atoms with Gasteiger partial charge in [0.15, 0.2) is 0 Å². The lowest BCUT2D eigenvalue weighted by atomic mass is 10.1. The van der Waals surface area contributed by atoms with Gasteiger partial charge >= 0.3 is 12.1 Å². The predicted molar refractivity (Wildman–Crippen MR) is 87.8 cm³/mol. The molecule has 0 aliphatic carbocycles. The smallest absolute Gasteiger partial charge is 0.417 e. The van der Waals surface area contributed by atoms with Crippen molar-refractivity contribution < 1.29 is 27.4 Å². The van der Waals surface area contributed by atoms with E-state index >= 15 is 0 Å². The van der Waals surface area contributed by atoms with Crippen molar-refractivity contribution in [2.75, 3.05) is 19.5 Å². The second-order valence-electron chi connectivity index (χ2n) is 5.25. The molecule has 0 atom stereocenters. The standard InChI is InChI=1S/C18H15F3N2O3/c1-25-16-6-3-11(7-14(16)17(24)26-2)10-23-13-5-4-12(9-22)15(8-13)18(19,20)21/h3-8,23H,10H2,1-2H3. The molecule has 1 N–H and O–H groups in total. The summed E-state index contributed by atoms with van der Waals surface area (Å²) in [6.45, 7) is 0.164. The summed E-state index contributed by atoms with van der Waals surface area (Å²) in [5.74, 6) is -0.250. The molecule has 0 saturated carbocycles. The normalized spacial score (nSPS) is 10.8. The zero-order valence-electron chi connectivity index (χ0n) is 14.0. The Kier molecular flexibility index (Phi) is 5.72. The van der Waals surface area contributed by atoms with Crippen LogP contribution in [-0.4, -0.2) is 20.2 Å². The molecular formula is C18H15F3N2O3. The van der Waals surface area contributed by atoms with Gasteiger partial charge in [-0.05, 0) is 35.9 Å². The predicted octanol–water partition coefficient (Wildman–Crippen LogP) is 3.98. The number of nitriles is 1. The van der Waals surface area contributed by atoms with Gasteiger partial charge in [0.25, 0.3) is 0 Å². The monoisotopic (exact) mass is 364 g/mol. The molecule has 26 heavy (non-hydrogen) atoms. The molecule has 0 radical (unpaired) electrons. The first-order valence-electron chi connectivity index (χ1n) is 7.40. The van der Waals surface area contributed by atoms with Crippen LogP contribution >= 0.6 is 0 Å². The molecular weight excluding hydrogens is 349 g/mol. The summed E-state index contributed by atoms with van der Waals surface area (Å²) < 4.78 is 48.8. The van der Waals surface area contributed by atoms with Crippen LogP contribution in [0.5, 0.6) is 5.75 Å². The number of rotatable bonds is 5. The summed E-state index contributed by atoms with van der Waals surface area (Å²) >= 11 is 0. The zero-order valence-corrected chi connectivity index (χ0v) is 14.0. The second-order valence-corrected chi connectivity index (χ2v) is 5.25. The first kappa shape index (κ1) is 19.1. The maximum atomic E-state index is 13.0. The minimum atomic E-state index is -4.62. The van der Waals surface area contributed by atoms with Gasteiger partial charge in [0.05, 0.1) is 31.4 Å². The van der Waals surface area contributed by atoms with Crippen molar-refractivity contribution in [3.63, 3.8) is 0 Å². The number of methoxy groups -OCH3 is 2. The van der Waals surface area contributed by atoms with E-state index in [-0.39, 0.29) is 17.8 Å². The quantitative estimate of drug-likeness (QED) is 0.813. The molecule has 5 nitrogen and oxygen atoms in total. The highest BCUT2D eigenvalue weighted by atomic mass is 19.4. The summed E-state index contributed by atoms with van der Waals surface area (Å²) in [4.78, 5) is 11.8. The lowest BCUT2D eigenvalue weighted by molar-refractivity contribution is -0.137. The third kappa shape index (κ3) is 4.25. The number of alkyl halides is 3. The molecule has 0 heterocycles. The topological polar surface area (TPSA) is 71.3 Å². The van der Waals surface area contributed by atoms with Crippen molar-refractivity contribution in [1.29, 1.82) is 5.26 Å². The molecule has 0 aliphatic rings. The molecule has 2 rings (SSSR count). The number of benzene rings is 2. The van der Waals surface area contributed by atoms with Crippen molar-refractivity contribution in [2.24, 2.45) is 0 Å². The average molecular weight is 364 g/mol. The molecule has 8 heteroatoms. The summed E-state index contributed by atoms with van der Waals surface area (Å²) in [5, 5.41) is 11.7. The largest absolute Gasteiger partial charge is 0.496 e. The highest BCUT2D eigenvalue weighted by molar-refractivity contribution is 5.92. The summed E-state index contributed by atoms with van der Waals surface area (Å²) in [6.07, 6.45) is -4.62. The Morgan fingerprint density at radius 1 is 1.19 bits per heavy atom. The molecule has 0 amide bonds. The van der Waals surface area contributed by atoms with Gasteiger partial charge in [-0.2, -0.15) is 18.4 Å². The summed E-state index contributed by atoms with van der Waals surface area (Å²) in [7, 11) is 2.65. The number of hydrogen-bond acceptors (Lipinski definition) is 5. The van der Waals surface area contributed by atoms with Gasteiger partial charge in [-0.1, -0.05) is 6.07 Å². The van der Waals surface area contributed by atoms with Crippen molar-refractivity contribution in [2.45, 2.75) is 12.7 Å². The molecule has 0 fully saturated rings. The fourth-order valence-corrected chi connectivity index (χ4v) is 2.32. The van der Waals surface area contributed by atoms with Crippen LogP contribution in [0.25, 0.3) is 0 Å². The van der Waals surface area contributed by atoms with Crippen LogP contribution in [0.4, 0.5) is 18.9 Å². The molecule has 2 aromatic carbocycles. The minimum Gasteiger partial charge on any atom is -0.496 e. The van der Waals surface area contributed by atoms with Crippen LogP contribution in [0.2, 0.25) is 0 Å². The number of carbonyl (C=O) groups is 1. The fourth-order valence-electron chi connectivity index (χ4n) is 2.32. The van der Waals surface area contributed by atoms with Gasteiger partial charge in [-0.3, -0.25) is 0 Å². The van der Waals surface area contributed by atoms with E-state index in [2.05, 4.69) is 10.1 Å². The van der Waals surface area contributed by atoms with Crippen molar-refractivity contribution in [1.82, 2.24) is 0 Å². The molecule has 136 valence electrons. The van der Waals surface area contributed by atoms with Crippen LogP contribution in [-0.2, 0) is 17.5 Å². The van der Waals surface area contributed by atoms with Gasteiger partial charge < -0.3 is 14.8 Å². The highest BCUT2D eigenvalue weighted by Crippen LogP contribution is 2.33. The number of nitrogens with one attached hydrogen (secondary N) is 1. The van der Waals surface area contributed by atoms with Crippen molar-refractivity contribution in [3.05, 3.63) is 58.7 Å². The maximum Gasteiger partial charge on any atom is 0.417 e. The van der Waals surface area contributed by atoms with Crippen LogP contribution in [0.15, 0.2) is 36.4 Å². The number of hydrogen-bond donors (Lipinski definition) is 1. The number of carbonyl (C=O) groups excluding carboxylic acids is 1. The Balaban J connectivity index is 2.24. The Morgan fingerprint density at radius 2 is 1.92 bits per heavy atom. The second kappa shape index (κ2) is 7.78. The average Bonchev–Trinajstić information content (AvgIpc) is 2.64.